The maximum absolute atomic E-state index is 12.2. The average molecular weight is 319 g/mol. The Morgan fingerprint density at radius 2 is 2.05 bits per heavy atom. The Morgan fingerprint density at radius 1 is 1.36 bits per heavy atom. The number of hydrogen-bond acceptors (Lipinski definition) is 5. The number of nitrogens with zero attached hydrogens (tertiary/aromatic N) is 3. The van der Waals surface area contributed by atoms with Crippen molar-refractivity contribution in [3.8, 4) is 0 Å². The van der Waals surface area contributed by atoms with Crippen molar-refractivity contribution in [2.45, 2.75) is 30.8 Å². The summed E-state index contributed by atoms with van der Waals surface area (Å²) in [5.41, 5.74) is 6.18. The van der Waals surface area contributed by atoms with E-state index in [0.717, 1.165) is 6.54 Å². The fourth-order valence-corrected chi connectivity index (χ4v) is 2.61. The molecule has 0 fully saturated rings. The first-order valence-corrected chi connectivity index (χ1v) is 7.64. The molecule has 0 aliphatic carbocycles. The number of anilines is 1. The number of carbonyl (C=O) groups excluding carboxylic acids is 2. The second kappa shape index (κ2) is 7.08. The van der Waals surface area contributed by atoms with Crippen molar-refractivity contribution in [3.05, 3.63) is 36.2 Å². The molecular formula is C14H17N5O2S. The van der Waals surface area contributed by atoms with Gasteiger partial charge in [0.15, 0.2) is 5.16 Å². The number of thioether (sulfide) groups is 1. The number of aromatic nitrogens is 3. The van der Waals surface area contributed by atoms with Crippen molar-refractivity contribution < 1.29 is 9.59 Å². The molecule has 0 aliphatic heterocycles. The minimum absolute atomic E-state index is 0.150. The Kier molecular flexibility index (Phi) is 5.16. The smallest absolute Gasteiger partial charge is 0.248 e. The molecule has 0 saturated carbocycles. The number of rotatable bonds is 6. The molecule has 0 aliphatic rings. The zero-order chi connectivity index (χ0) is 16.1. The van der Waals surface area contributed by atoms with Gasteiger partial charge in [-0.1, -0.05) is 11.8 Å². The molecule has 2 amide bonds. The van der Waals surface area contributed by atoms with E-state index in [1.54, 1.807) is 37.5 Å². The number of nitrogens with one attached hydrogen (secondary N) is 1. The van der Waals surface area contributed by atoms with Gasteiger partial charge in [0.05, 0.1) is 5.25 Å². The number of nitrogens with two attached hydrogens (primary N) is 1. The second-order valence-corrected chi connectivity index (χ2v) is 5.90. The molecule has 1 atom stereocenters. The molecule has 0 spiro atoms. The molecule has 0 unspecified atom stereocenters. The largest absolute Gasteiger partial charge is 0.366 e. The van der Waals surface area contributed by atoms with Gasteiger partial charge in [0.2, 0.25) is 11.8 Å². The van der Waals surface area contributed by atoms with E-state index in [4.69, 9.17) is 5.73 Å². The summed E-state index contributed by atoms with van der Waals surface area (Å²) in [6, 6.07) is 6.43. The SMILES string of the molecule is CCn1cnnc1S[C@H](C)C(=O)Nc1ccc(C(N)=O)cc1. The Morgan fingerprint density at radius 3 is 2.64 bits per heavy atom. The summed E-state index contributed by atoms with van der Waals surface area (Å²) in [5.74, 6) is -0.650. The highest BCUT2D eigenvalue weighted by molar-refractivity contribution is 8.00. The number of aryl methyl sites for hydroxylation is 1. The van der Waals surface area contributed by atoms with Crippen LogP contribution in [0.4, 0.5) is 5.69 Å². The van der Waals surface area contributed by atoms with Crippen LogP contribution in [0.5, 0.6) is 0 Å². The van der Waals surface area contributed by atoms with Crippen molar-refractivity contribution in [3.63, 3.8) is 0 Å². The minimum Gasteiger partial charge on any atom is -0.366 e. The predicted octanol–water partition coefficient (Wildman–Crippen LogP) is 1.52. The maximum atomic E-state index is 12.2. The van der Waals surface area contributed by atoms with Crippen LogP contribution in [0.15, 0.2) is 35.7 Å². The highest BCUT2D eigenvalue weighted by Gasteiger charge is 2.17. The fraction of sp³-hybridized carbons (Fsp3) is 0.286. The van der Waals surface area contributed by atoms with E-state index < -0.39 is 5.91 Å². The molecule has 7 nitrogen and oxygen atoms in total. The van der Waals surface area contributed by atoms with Crippen molar-refractivity contribution in [2.24, 2.45) is 5.73 Å². The van der Waals surface area contributed by atoms with Gasteiger partial charge in [0.1, 0.15) is 6.33 Å². The van der Waals surface area contributed by atoms with Gasteiger partial charge in [-0.3, -0.25) is 9.59 Å². The van der Waals surface area contributed by atoms with Crippen molar-refractivity contribution in [2.75, 3.05) is 5.32 Å². The topological polar surface area (TPSA) is 103 Å². The Hall–Kier alpha value is -2.35. The highest BCUT2D eigenvalue weighted by atomic mass is 32.2. The molecule has 1 aromatic heterocycles. The number of hydrogen-bond donors (Lipinski definition) is 2. The quantitative estimate of drug-likeness (QED) is 0.786. The van der Waals surface area contributed by atoms with Gasteiger partial charge in [0.25, 0.3) is 0 Å². The molecule has 2 aromatic rings. The molecule has 22 heavy (non-hydrogen) atoms. The molecule has 0 radical (unpaired) electrons. The zero-order valence-electron chi connectivity index (χ0n) is 12.3. The summed E-state index contributed by atoms with van der Waals surface area (Å²) in [6.45, 7) is 4.53. The number of primary amides is 1. The summed E-state index contributed by atoms with van der Waals surface area (Å²) < 4.78 is 1.87. The lowest BCUT2D eigenvalue weighted by Gasteiger charge is -2.12. The monoisotopic (exact) mass is 319 g/mol. The molecule has 8 heteroatoms. The van der Waals surface area contributed by atoms with Crippen LogP contribution in [-0.2, 0) is 11.3 Å². The summed E-state index contributed by atoms with van der Waals surface area (Å²) in [4.78, 5) is 23.2. The normalized spacial score (nSPS) is 11.9. The van der Waals surface area contributed by atoms with Gasteiger partial charge in [-0.25, -0.2) is 0 Å². The lowest BCUT2D eigenvalue weighted by atomic mass is 10.2. The third-order valence-corrected chi connectivity index (χ3v) is 4.10. The van der Waals surface area contributed by atoms with Crippen LogP contribution in [0.1, 0.15) is 24.2 Å². The fourth-order valence-electron chi connectivity index (χ4n) is 1.73. The Labute approximate surface area is 132 Å². The predicted molar refractivity (Wildman–Crippen MR) is 84.6 cm³/mol. The third kappa shape index (κ3) is 3.85. The van der Waals surface area contributed by atoms with Crippen LogP contribution < -0.4 is 11.1 Å². The van der Waals surface area contributed by atoms with Crippen molar-refractivity contribution in [1.29, 1.82) is 0 Å². The molecule has 0 saturated heterocycles. The van der Waals surface area contributed by atoms with E-state index in [-0.39, 0.29) is 11.2 Å². The van der Waals surface area contributed by atoms with Gasteiger partial charge in [0, 0.05) is 17.8 Å². The van der Waals surface area contributed by atoms with E-state index in [9.17, 15) is 9.59 Å². The zero-order valence-corrected chi connectivity index (χ0v) is 13.1. The van der Waals surface area contributed by atoms with E-state index in [2.05, 4.69) is 15.5 Å². The molecular weight excluding hydrogens is 302 g/mol. The van der Waals surface area contributed by atoms with Crippen LogP contribution in [0.2, 0.25) is 0 Å². The standard InChI is InChI=1S/C14H17N5O2S/c1-3-19-8-16-18-14(19)22-9(2)13(21)17-11-6-4-10(5-7-11)12(15)20/h4-9H,3H2,1-2H3,(H2,15,20)(H,17,21)/t9-/m1/s1. The van der Waals surface area contributed by atoms with Gasteiger partial charge in [-0.05, 0) is 38.1 Å². The first-order valence-electron chi connectivity index (χ1n) is 6.76. The summed E-state index contributed by atoms with van der Waals surface area (Å²) in [6.07, 6.45) is 1.63. The number of carbonyl (C=O) groups is 2. The van der Waals surface area contributed by atoms with E-state index in [0.29, 0.717) is 16.4 Å². The van der Waals surface area contributed by atoms with Gasteiger partial charge >= 0.3 is 0 Å². The summed E-state index contributed by atoms with van der Waals surface area (Å²) in [7, 11) is 0. The molecule has 1 aromatic carbocycles. The van der Waals surface area contributed by atoms with E-state index in [1.807, 2.05) is 11.5 Å². The van der Waals surface area contributed by atoms with Crippen LogP contribution >= 0.6 is 11.8 Å². The van der Waals surface area contributed by atoms with E-state index >= 15 is 0 Å². The van der Waals surface area contributed by atoms with E-state index in [1.165, 1.54) is 11.8 Å². The summed E-state index contributed by atoms with van der Waals surface area (Å²) >= 11 is 1.34. The molecule has 0 bridgehead atoms. The molecule has 1 heterocycles. The van der Waals surface area contributed by atoms with Crippen molar-refractivity contribution >= 4 is 29.3 Å². The van der Waals surface area contributed by atoms with Gasteiger partial charge < -0.3 is 15.6 Å². The van der Waals surface area contributed by atoms with Gasteiger partial charge in [-0.15, -0.1) is 10.2 Å². The first-order chi connectivity index (χ1) is 10.5. The lowest BCUT2D eigenvalue weighted by molar-refractivity contribution is -0.115. The molecule has 3 N–H and O–H groups in total. The first kappa shape index (κ1) is 16.0. The number of amides is 2. The van der Waals surface area contributed by atoms with Gasteiger partial charge in [-0.2, -0.15) is 0 Å². The van der Waals surface area contributed by atoms with Crippen LogP contribution in [0, 0.1) is 0 Å². The van der Waals surface area contributed by atoms with Crippen molar-refractivity contribution in [1.82, 2.24) is 14.8 Å². The minimum atomic E-state index is -0.499. The summed E-state index contributed by atoms with van der Waals surface area (Å²) in [5, 5.41) is 11.0. The molecule has 116 valence electrons. The Balaban J connectivity index is 1.97. The Bertz CT molecular complexity index is 668. The highest BCUT2D eigenvalue weighted by Crippen LogP contribution is 2.22. The molecule has 2 rings (SSSR count). The van der Waals surface area contributed by atoms with Crippen LogP contribution in [-0.4, -0.2) is 31.8 Å². The second-order valence-electron chi connectivity index (χ2n) is 4.59. The lowest BCUT2D eigenvalue weighted by Crippen LogP contribution is -2.23. The third-order valence-electron chi connectivity index (χ3n) is 3.01. The van der Waals surface area contributed by atoms with Crippen LogP contribution in [0.25, 0.3) is 0 Å². The number of benzene rings is 1. The maximum Gasteiger partial charge on any atom is 0.248 e. The average Bonchev–Trinajstić information content (AvgIpc) is 2.94. The van der Waals surface area contributed by atoms with Crippen LogP contribution in [0.3, 0.4) is 0 Å².